The number of fused-ring (bicyclic) bond motifs is 1. The Bertz CT molecular complexity index is 998. The number of carbonyl (C=O) groups is 1. The number of ether oxygens (including phenoxy) is 1. The van der Waals surface area contributed by atoms with Gasteiger partial charge in [-0.25, -0.2) is 9.98 Å². The van der Waals surface area contributed by atoms with E-state index in [4.69, 9.17) is 27.2 Å². The van der Waals surface area contributed by atoms with E-state index in [1.165, 1.54) is 6.34 Å². The molecule has 0 spiro atoms. The lowest BCUT2D eigenvalue weighted by molar-refractivity contribution is -0.135. The lowest BCUT2D eigenvalue weighted by Gasteiger charge is -2.41. The van der Waals surface area contributed by atoms with Crippen LogP contribution in [0.2, 0.25) is 5.02 Å². The van der Waals surface area contributed by atoms with Crippen LogP contribution in [0.5, 0.6) is 5.75 Å². The third-order valence-corrected chi connectivity index (χ3v) is 6.98. The first-order chi connectivity index (χ1) is 14.8. The zero-order chi connectivity index (χ0) is 22.4. The van der Waals surface area contributed by atoms with Gasteiger partial charge in [-0.1, -0.05) is 18.5 Å². The van der Waals surface area contributed by atoms with E-state index in [1.54, 1.807) is 7.11 Å². The summed E-state index contributed by atoms with van der Waals surface area (Å²) in [5.41, 5.74) is 10.0. The van der Waals surface area contributed by atoms with Gasteiger partial charge in [-0.2, -0.15) is 5.10 Å². The summed E-state index contributed by atoms with van der Waals surface area (Å²) in [6.07, 6.45) is 1.78. The van der Waals surface area contributed by atoms with Crippen molar-refractivity contribution < 1.29 is 9.53 Å². The molecule has 0 radical (unpaired) electrons. The summed E-state index contributed by atoms with van der Waals surface area (Å²) < 4.78 is 5.93. The van der Waals surface area contributed by atoms with Gasteiger partial charge >= 0.3 is 0 Å². The maximum atomic E-state index is 12.0. The fourth-order valence-corrected chi connectivity index (χ4v) is 5.00. The van der Waals surface area contributed by atoms with Crippen LogP contribution in [0.4, 0.5) is 0 Å². The molecule has 0 aliphatic carbocycles. The molecular formula is C22H29ClN6O2. The van der Waals surface area contributed by atoms with Crippen molar-refractivity contribution in [2.24, 2.45) is 26.7 Å². The highest BCUT2D eigenvalue weighted by molar-refractivity contribution is 6.31. The van der Waals surface area contributed by atoms with Crippen molar-refractivity contribution in [3.8, 4) is 5.75 Å². The summed E-state index contributed by atoms with van der Waals surface area (Å²) in [4.78, 5) is 22.6. The first-order valence-electron chi connectivity index (χ1n) is 10.6. The second-order valence-corrected chi connectivity index (χ2v) is 8.78. The van der Waals surface area contributed by atoms with Crippen LogP contribution < -0.4 is 10.5 Å². The molecule has 3 aliphatic rings. The van der Waals surface area contributed by atoms with Gasteiger partial charge in [0, 0.05) is 47.3 Å². The molecule has 8 nitrogen and oxygen atoms in total. The van der Waals surface area contributed by atoms with Crippen LogP contribution in [-0.2, 0) is 4.79 Å². The van der Waals surface area contributed by atoms with Gasteiger partial charge in [-0.3, -0.25) is 9.80 Å². The van der Waals surface area contributed by atoms with Crippen molar-refractivity contribution in [2.45, 2.75) is 52.2 Å². The molecular weight excluding hydrogens is 416 g/mol. The second-order valence-electron chi connectivity index (χ2n) is 8.38. The number of amides is 1. The number of methoxy groups -OCH3 is 1. The fourth-order valence-electron chi connectivity index (χ4n) is 4.78. The van der Waals surface area contributed by atoms with Crippen LogP contribution in [0.1, 0.15) is 55.8 Å². The largest absolute Gasteiger partial charge is 0.496 e. The molecule has 1 aromatic carbocycles. The predicted octanol–water partition coefficient (Wildman–Crippen LogP) is 3.09. The van der Waals surface area contributed by atoms with Gasteiger partial charge in [-0.05, 0) is 32.4 Å². The lowest BCUT2D eigenvalue weighted by Crippen LogP contribution is -2.48. The Hall–Kier alpha value is -2.61. The van der Waals surface area contributed by atoms with Crippen LogP contribution >= 0.6 is 11.6 Å². The van der Waals surface area contributed by atoms with Gasteiger partial charge in [0.25, 0.3) is 0 Å². The highest BCUT2D eigenvalue weighted by Crippen LogP contribution is 2.45. The minimum absolute atomic E-state index is 0.126. The van der Waals surface area contributed by atoms with Gasteiger partial charge in [0.2, 0.25) is 5.91 Å². The fraction of sp³-hybridized carbons (Fsp3) is 0.545. The molecule has 3 unspecified atom stereocenters. The van der Waals surface area contributed by atoms with Gasteiger partial charge < -0.3 is 15.4 Å². The first kappa shape index (κ1) is 21.6. The van der Waals surface area contributed by atoms with E-state index in [-0.39, 0.29) is 30.0 Å². The smallest absolute Gasteiger partial charge is 0.222 e. The molecule has 0 aromatic heterocycles. The summed E-state index contributed by atoms with van der Waals surface area (Å²) in [6, 6.07) is 1.81. The van der Waals surface area contributed by atoms with Crippen molar-refractivity contribution in [2.75, 3.05) is 20.2 Å². The highest BCUT2D eigenvalue weighted by Gasteiger charge is 2.42. The second kappa shape index (κ2) is 8.15. The summed E-state index contributed by atoms with van der Waals surface area (Å²) in [7, 11) is 1.68. The number of hydrogen-bond donors (Lipinski definition) is 1. The molecule has 3 heterocycles. The van der Waals surface area contributed by atoms with Crippen LogP contribution in [0.25, 0.3) is 0 Å². The third kappa shape index (κ3) is 3.46. The number of halogens is 1. The van der Waals surface area contributed by atoms with E-state index in [0.29, 0.717) is 30.4 Å². The van der Waals surface area contributed by atoms with Gasteiger partial charge in [0.15, 0.2) is 6.17 Å². The molecule has 1 fully saturated rings. The first-order valence-corrected chi connectivity index (χ1v) is 11.0. The monoisotopic (exact) mass is 444 g/mol. The minimum Gasteiger partial charge on any atom is -0.496 e. The molecule has 2 N–H and O–H groups in total. The zero-order valence-electron chi connectivity index (χ0n) is 18.6. The summed E-state index contributed by atoms with van der Waals surface area (Å²) >= 11 is 6.68. The minimum atomic E-state index is -0.234. The average Bonchev–Trinajstić information content (AvgIpc) is 3.06. The zero-order valence-corrected chi connectivity index (χ0v) is 19.3. The number of amidine groups is 1. The van der Waals surface area contributed by atoms with Crippen molar-refractivity contribution in [1.29, 1.82) is 0 Å². The highest BCUT2D eigenvalue weighted by atomic mass is 35.5. The normalized spacial score (nSPS) is 23.8. The SMILES string of the molecule is CCC(=O)N1CC(c2c(C)c(Cl)cc(C(C)N3N=C(C)C4C(N)=NC=NC43)c2OC)C1. The Morgan fingerprint density at radius 3 is 2.74 bits per heavy atom. The maximum absolute atomic E-state index is 12.0. The number of nitrogens with two attached hydrogens (primary N) is 1. The maximum Gasteiger partial charge on any atom is 0.222 e. The Morgan fingerprint density at radius 1 is 1.39 bits per heavy atom. The molecule has 31 heavy (non-hydrogen) atoms. The van der Waals surface area contributed by atoms with Crippen molar-refractivity contribution in [3.63, 3.8) is 0 Å². The Labute approximate surface area is 187 Å². The Balaban J connectivity index is 1.69. The van der Waals surface area contributed by atoms with Crippen molar-refractivity contribution >= 4 is 35.4 Å². The number of nitrogens with zero attached hydrogens (tertiary/aromatic N) is 5. The van der Waals surface area contributed by atoms with Crippen LogP contribution in [0, 0.1) is 12.8 Å². The molecule has 3 atom stereocenters. The Kier molecular flexibility index (Phi) is 5.68. The number of carbonyl (C=O) groups excluding carboxylic acids is 1. The number of hydrazone groups is 1. The van der Waals surface area contributed by atoms with Crippen molar-refractivity contribution in [1.82, 2.24) is 9.91 Å². The molecule has 166 valence electrons. The molecule has 1 amide bonds. The van der Waals surface area contributed by atoms with Crippen LogP contribution in [0.3, 0.4) is 0 Å². The van der Waals surface area contributed by atoms with E-state index in [9.17, 15) is 4.79 Å². The van der Waals surface area contributed by atoms with E-state index in [0.717, 1.165) is 28.2 Å². The molecule has 1 aromatic rings. The van der Waals surface area contributed by atoms with Gasteiger partial charge in [-0.15, -0.1) is 0 Å². The number of hydrogen-bond acceptors (Lipinski definition) is 7. The van der Waals surface area contributed by atoms with Gasteiger partial charge in [0.05, 0.1) is 19.1 Å². The van der Waals surface area contributed by atoms with E-state index >= 15 is 0 Å². The molecule has 9 heteroatoms. The topological polar surface area (TPSA) is 95.9 Å². The van der Waals surface area contributed by atoms with Crippen LogP contribution in [0.15, 0.2) is 21.2 Å². The van der Waals surface area contributed by atoms with Crippen molar-refractivity contribution in [3.05, 3.63) is 27.8 Å². The number of likely N-dealkylation sites (tertiary alicyclic amines) is 1. The quantitative estimate of drug-likeness (QED) is 0.754. The Morgan fingerprint density at radius 2 is 2.10 bits per heavy atom. The summed E-state index contributed by atoms with van der Waals surface area (Å²) in [5, 5.41) is 7.41. The molecule has 1 saturated heterocycles. The van der Waals surface area contributed by atoms with Crippen LogP contribution in [-0.4, -0.2) is 60.1 Å². The van der Waals surface area contributed by atoms with E-state index in [2.05, 4.69) is 16.9 Å². The molecule has 3 aliphatic heterocycles. The van der Waals surface area contributed by atoms with E-state index < -0.39 is 0 Å². The summed E-state index contributed by atoms with van der Waals surface area (Å²) in [6.45, 7) is 9.28. The lowest BCUT2D eigenvalue weighted by atomic mass is 9.85. The molecule has 0 bridgehead atoms. The number of rotatable bonds is 5. The average molecular weight is 445 g/mol. The predicted molar refractivity (Wildman–Crippen MR) is 123 cm³/mol. The third-order valence-electron chi connectivity index (χ3n) is 6.58. The molecule has 4 rings (SSSR count). The summed E-state index contributed by atoms with van der Waals surface area (Å²) in [5.74, 6) is 1.58. The number of benzene rings is 1. The number of aliphatic imine (C=N–C) groups is 2. The standard InChI is InChI=1S/C22H29ClN6O2/c1-6-17(30)28-8-14(9-28)18-11(2)16(23)7-15(20(18)31-5)13(4)29-22-19(12(3)27-29)21(24)25-10-26-22/h7,10,13-14,19,22H,6,8-9H2,1-5H3,(H2,24,25,26). The van der Waals surface area contributed by atoms with Gasteiger partial charge in [0.1, 0.15) is 17.9 Å². The molecule has 0 saturated carbocycles. The van der Waals surface area contributed by atoms with E-state index in [1.807, 2.05) is 36.7 Å².